The van der Waals surface area contributed by atoms with Gasteiger partial charge >= 0.3 is 0 Å². The first-order valence-corrected chi connectivity index (χ1v) is 10.9. The van der Waals surface area contributed by atoms with Crippen LogP contribution >= 0.6 is 23.2 Å². The lowest BCUT2D eigenvalue weighted by molar-refractivity contribution is -0.156. The molecule has 0 spiro atoms. The topological polar surface area (TPSA) is 50.3 Å². The van der Waals surface area contributed by atoms with Crippen molar-refractivity contribution >= 4 is 35.4 Å². The highest BCUT2D eigenvalue weighted by Crippen LogP contribution is 2.51. The summed E-state index contributed by atoms with van der Waals surface area (Å²) in [5.41, 5.74) is 1.05. The second-order valence-electron chi connectivity index (χ2n) is 8.09. The summed E-state index contributed by atoms with van der Waals surface area (Å²) >= 11 is 12.4. The molecule has 2 heterocycles. The third-order valence-electron chi connectivity index (χ3n) is 5.96. The lowest BCUT2D eigenvalue weighted by Crippen LogP contribution is -2.56. The van der Waals surface area contributed by atoms with Crippen LogP contribution in [0.4, 0.5) is 0 Å². The number of carbonyl (C=O) groups excluding carboxylic acids is 2. The van der Waals surface area contributed by atoms with Gasteiger partial charge in [0.15, 0.2) is 0 Å². The largest absolute Gasteiger partial charge is 0.323 e. The van der Waals surface area contributed by atoms with E-state index in [1.165, 1.54) is 0 Å². The van der Waals surface area contributed by atoms with Gasteiger partial charge in [-0.05, 0) is 49.1 Å². The number of halogens is 2. The third-order valence-corrected chi connectivity index (χ3v) is 6.42. The van der Waals surface area contributed by atoms with Crippen LogP contribution in [0.3, 0.4) is 0 Å². The van der Waals surface area contributed by atoms with Crippen LogP contribution in [-0.4, -0.2) is 28.1 Å². The Kier molecular flexibility index (Phi) is 6.99. The molecule has 1 aliphatic heterocycles. The van der Waals surface area contributed by atoms with Crippen molar-refractivity contribution in [1.29, 1.82) is 0 Å². The molecule has 4 unspecified atom stereocenters. The molecule has 0 saturated carbocycles. The van der Waals surface area contributed by atoms with Gasteiger partial charge in [-0.2, -0.15) is 0 Å². The number of nitrogens with zero attached hydrogens (tertiary/aromatic N) is 2. The summed E-state index contributed by atoms with van der Waals surface area (Å²) in [6.07, 6.45) is 5.84. The molecule has 2 aromatic rings. The number of hydrogen-bond donors (Lipinski definition) is 0. The monoisotopic (exact) mass is 444 g/mol. The number of allylic oxidation sites excluding steroid dienone is 1. The van der Waals surface area contributed by atoms with Gasteiger partial charge < -0.3 is 9.69 Å². The normalized spacial score (nSPS) is 25.1. The Labute approximate surface area is 187 Å². The smallest absolute Gasteiger partial charge is 0.230 e. The molecule has 1 aromatic heterocycles. The summed E-state index contributed by atoms with van der Waals surface area (Å²) in [4.78, 5) is 32.0. The lowest BCUT2D eigenvalue weighted by Gasteiger charge is -2.50. The predicted molar refractivity (Wildman–Crippen MR) is 121 cm³/mol. The zero-order valence-electron chi connectivity index (χ0n) is 17.2. The van der Waals surface area contributed by atoms with E-state index in [2.05, 4.69) is 11.6 Å². The first-order chi connectivity index (χ1) is 14.3. The van der Waals surface area contributed by atoms with Crippen LogP contribution in [0.5, 0.6) is 0 Å². The molecule has 6 heteroatoms. The Morgan fingerprint density at radius 2 is 2.07 bits per heavy atom. The highest BCUT2D eigenvalue weighted by atomic mass is 35.5. The molecule has 30 heavy (non-hydrogen) atoms. The maximum atomic E-state index is 13.7. The Balaban J connectivity index is 2.23. The van der Waals surface area contributed by atoms with Gasteiger partial charge in [0.25, 0.3) is 0 Å². The van der Waals surface area contributed by atoms with Gasteiger partial charge in [0.1, 0.15) is 6.29 Å². The average Bonchev–Trinajstić information content (AvgIpc) is 2.73. The minimum atomic E-state index is -0.673. The van der Waals surface area contributed by atoms with Gasteiger partial charge in [0.2, 0.25) is 5.91 Å². The van der Waals surface area contributed by atoms with Crippen molar-refractivity contribution in [1.82, 2.24) is 9.88 Å². The second kappa shape index (κ2) is 9.32. The zero-order valence-corrected chi connectivity index (χ0v) is 18.7. The molecule has 1 amide bonds. The van der Waals surface area contributed by atoms with E-state index in [-0.39, 0.29) is 11.8 Å². The maximum absolute atomic E-state index is 13.7. The summed E-state index contributed by atoms with van der Waals surface area (Å²) in [5, 5.41) is 1.15. The van der Waals surface area contributed by atoms with Gasteiger partial charge in [-0.25, -0.2) is 0 Å². The summed E-state index contributed by atoms with van der Waals surface area (Å²) in [5.74, 6) is -0.143. The SMILES string of the molecule is C=CCC1(C)CC(c2cccc(Cl)c2)C(c2ccc(Cl)cn2)N(C(C=O)CC)C1=O. The summed E-state index contributed by atoms with van der Waals surface area (Å²) in [7, 11) is 0. The third kappa shape index (κ3) is 4.30. The van der Waals surface area contributed by atoms with Gasteiger partial charge in [0.05, 0.1) is 28.2 Å². The fourth-order valence-corrected chi connectivity index (χ4v) is 4.78. The van der Waals surface area contributed by atoms with Crippen LogP contribution in [0.2, 0.25) is 10.0 Å². The molecular weight excluding hydrogens is 419 g/mol. The van der Waals surface area contributed by atoms with Gasteiger partial charge in [-0.15, -0.1) is 6.58 Å². The molecule has 0 N–H and O–H groups in total. The Bertz CT molecular complexity index is 931. The quantitative estimate of drug-likeness (QED) is 0.388. The number of benzene rings is 1. The van der Waals surface area contributed by atoms with Crippen molar-refractivity contribution in [3.8, 4) is 0 Å². The van der Waals surface area contributed by atoms with Crippen molar-refractivity contribution in [3.63, 3.8) is 0 Å². The van der Waals surface area contributed by atoms with E-state index in [0.717, 1.165) is 11.8 Å². The van der Waals surface area contributed by atoms with Crippen molar-refractivity contribution in [2.24, 2.45) is 5.41 Å². The Hall–Kier alpha value is -2.17. The molecule has 0 radical (unpaired) electrons. The molecular formula is C24H26Cl2N2O2. The van der Waals surface area contributed by atoms with Crippen LogP contribution in [0.15, 0.2) is 55.3 Å². The zero-order chi connectivity index (χ0) is 21.9. The van der Waals surface area contributed by atoms with E-state index in [9.17, 15) is 9.59 Å². The standard InChI is InChI=1S/C24H26Cl2N2O2/c1-4-11-24(3)13-20(16-7-6-8-17(25)12-16)22(21-10-9-18(26)14-27-21)28(23(24)30)19(5-2)15-29/h4,6-10,12,14-15,19-20,22H,1,5,11,13H2,2-3H3. The number of piperidine rings is 1. The number of aldehydes is 1. The molecule has 4 nitrogen and oxygen atoms in total. The van der Waals surface area contributed by atoms with E-state index in [1.807, 2.05) is 44.2 Å². The van der Waals surface area contributed by atoms with Gasteiger partial charge in [0, 0.05) is 17.1 Å². The second-order valence-corrected chi connectivity index (χ2v) is 8.96. The molecule has 0 bridgehead atoms. The lowest BCUT2D eigenvalue weighted by atomic mass is 9.67. The number of rotatable bonds is 7. The first-order valence-electron chi connectivity index (χ1n) is 10.1. The molecule has 3 rings (SSSR count). The van der Waals surface area contributed by atoms with E-state index < -0.39 is 17.5 Å². The van der Waals surface area contributed by atoms with E-state index in [1.54, 1.807) is 23.2 Å². The maximum Gasteiger partial charge on any atom is 0.230 e. The highest BCUT2D eigenvalue weighted by molar-refractivity contribution is 6.30. The molecule has 1 aromatic carbocycles. The number of likely N-dealkylation sites (tertiary alicyclic amines) is 1. The number of aromatic nitrogens is 1. The molecule has 0 aliphatic carbocycles. The number of pyridine rings is 1. The molecule has 158 valence electrons. The van der Waals surface area contributed by atoms with Crippen LogP contribution in [0.1, 0.15) is 56.3 Å². The molecule has 4 atom stereocenters. The number of carbonyl (C=O) groups is 2. The van der Waals surface area contributed by atoms with Crippen LogP contribution in [0, 0.1) is 5.41 Å². The average molecular weight is 445 g/mol. The van der Waals surface area contributed by atoms with Crippen LogP contribution in [0.25, 0.3) is 0 Å². The molecule has 1 saturated heterocycles. The summed E-state index contributed by atoms with van der Waals surface area (Å²) in [6.45, 7) is 7.71. The number of hydrogen-bond acceptors (Lipinski definition) is 3. The van der Waals surface area contributed by atoms with Crippen molar-refractivity contribution < 1.29 is 9.59 Å². The fraction of sp³-hybridized carbons (Fsp3) is 0.375. The Morgan fingerprint density at radius 1 is 1.30 bits per heavy atom. The fourth-order valence-electron chi connectivity index (χ4n) is 4.47. The molecule has 1 fully saturated rings. The summed E-state index contributed by atoms with van der Waals surface area (Å²) < 4.78 is 0. The summed E-state index contributed by atoms with van der Waals surface area (Å²) in [6, 6.07) is 10.3. The first kappa shape index (κ1) is 22.5. The molecule has 1 aliphatic rings. The highest BCUT2D eigenvalue weighted by Gasteiger charge is 2.51. The van der Waals surface area contributed by atoms with E-state index >= 15 is 0 Å². The minimum absolute atomic E-state index is 0.0543. The van der Waals surface area contributed by atoms with Gasteiger partial charge in [-0.3, -0.25) is 9.78 Å². The van der Waals surface area contributed by atoms with E-state index in [4.69, 9.17) is 23.2 Å². The van der Waals surface area contributed by atoms with Crippen LogP contribution < -0.4 is 0 Å². The number of amides is 1. The predicted octanol–water partition coefficient (Wildman–Crippen LogP) is 6.01. The van der Waals surface area contributed by atoms with Crippen molar-refractivity contribution in [2.45, 2.75) is 51.1 Å². The van der Waals surface area contributed by atoms with E-state index in [0.29, 0.717) is 35.0 Å². The van der Waals surface area contributed by atoms with Crippen molar-refractivity contribution in [2.75, 3.05) is 0 Å². The minimum Gasteiger partial charge on any atom is -0.323 e. The Morgan fingerprint density at radius 3 is 2.63 bits per heavy atom. The van der Waals surface area contributed by atoms with Gasteiger partial charge in [-0.1, -0.05) is 55.3 Å². The van der Waals surface area contributed by atoms with Crippen LogP contribution in [-0.2, 0) is 9.59 Å². The van der Waals surface area contributed by atoms with Crippen molar-refractivity contribution in [3.05, 3.63) is 76.6 Å².